The second-order valence-corrected chi connectivity index (χ2v) is 4.11. The summed E-state index contributed by atoms with van der Waals surface area (Å²) in [7, 11) is 2.18. The Morgan fingerprint density at radius 1 is 1.07 bits per heavy atom. The van der Waals surface area contributed by atoms with E-state index < -0.39 is 0 Å². The van der Waals surface area contributed by atoms with Crippen LogP contribution in [-0.2, 0) is 6.54 Å². The molecule has 0 bridgehead atoms. The molecule has 2 rings (SSSR count). The summed E-state index contributed by atoms with van der Waals surface area (Å²) in [6.45, 7) is 5.47. The molecule has 0 radical (unpaired) electrons. The van der Waals surface area contributed by atoms with E-state index in [9.17, 15) is 0 Å². The smallest absolute Gasteiger partial charge is 0.0353 e. The molecule has 3 nitrogen and oxygen atoms in total. The van der Waals surface area contributed by atoms with Crippen LogP contribution in [-0.4, -0.2) is 43.1 Å². The lowest BCUT2D eigenvalue weighted by Gasteiger charge is -2.32. The molecule has 0 saturated carbocycles. The molecule has 0 atom stereocenters. The van der Waals surface area contributed by atoms with E-state index in [1.807, 2.05) is 0 Å². The number of rotatable bonds is 3. The summed E-state index contributed by atoms with van der Waals surface area (Å²) in [4.78, 5) is 2.36. The van der Waals surface area contributed by atoms with Crippen LogP contribution in [0.4, 0.5) is 0 Å². The molecule has 0 unspecified atom stereocenters. The van der Waals surface area contributed by atoms with Gasteiger partial charge in [-0.3, -0.25) is 5.43 Å². The maximum atomic E-state index is 3.47. The van der Waals surface area contributed by atoms with Gasteiger partial charge < -0.3 is 4.90 Å². The highest BCUT2D eigenvalue weighted by Crippen LogP contribution is 2.00. The van der Waals surface area contributed by atoms with Gasteiger partial charge >= 0.3 is 0 Å². The van der Waals surface area contributed by atoms with Crippen molar-refractivity contribution in [3.63, 3.8) is 0 Å². The van der Waals surface area contributed by atoms with Crippen LogP contribution < -0.4 is 5.43 Å². The van der Waals surface area contributed by atoms with Crippen molar-refractivity contribution >= 4 is 0 Å². The van der Waals surface area contributed by atoms with Gasteiger partial charge in [-0.15, -0.1) is 0 Å². The normalized spacial score (nSPS) is 19.3. The molecule has 0 spiro atoms. The number of hydrogen-bond donors (Lipinski definition) is 1. The molecule has 1 N–H and O–H groups in total. The van der Waals surface area contributed by atoms with Gasteiger partial charge in [0.25, 0.3) is 0 Å². The van der Waals surface area contributed by atoms with Crippen molar-refractivity contribution in [1.29, 1.82) is 0 Å². The Hall–Kier alpha value is -0.900. The molecular weight excluding hydrogens is 186 g/mol. The van der Waals surface area contributed by atoms with Crippen LogP contribution in [0, 0.1) is 0 Å². The van der Waals surface area contributed by atoms with Gasteiger partial charge in [0.2, 0.25) is 0 Å². The van der Waals surface area contributed by atoms with E-state index in [1.54, 1.807) is 0 Å². The SMILES string of the molecule is CN1CCN(NCc2ccccc2)CC1. The van der Waals surface area contributed by atoms with Crippen molar-refractivity contribution in [3.8, 4) is 0 Å². The lowest BCUT2D eigenvalue weighted by molar-refractivity contribution is 0.102. The molecule has 82 valence electrons. The highest BCUT2D eigenvalue weighted by Gasteiger charge is 2.12. The highest BCUT2D eigenvalue weighted by molar-refractivity contribution is 5.14. The van der Waals surface area contributed by atoms with E-state index in [4.69, 9.17) is 0 Å². The van der Waals surface area contributed by atoms with Crippen molar-refractivity contribution in [3.05, 3.63) is 35.9 Å². The summed E-state index contributed by atoms with van der Waals surface area (Å²) in [6, 6.07) is 10.5. The molecule has 0 aromatic heterocycles. The molecule has 1 saturated heterocycles. The van der Waals surface area contributed by atoms with Gasteiger partial charge in [-0.2, -0.15) is 0 Å². The zero-order valence-corrected chi connectivity index (χ0v) is 9.32. The Kier molecular flexibility index (Phi) is 3.72. The second kappa shape index (κ2) is 5.26. The van der Waals surface area contributed by atoms with Gasteiger partial charge in [0, 0.05) is 32.7 Å². The molecule has 15 heavy (non-hydrogen) atoms. The Balaban J connectivity index is 1.74. The number of nitrogens with zero attached hydrogens (tertiary/aromatic N) is 2. The summed E-state index contributed by atoms with van der Waals surface area (Å²) in [5.41, 5.74) is 4.81. The third-order valence-corrected chi connectivity index (χ3v) is 2.85. The average Bonchev–Trinajstić information content (AvgIpc) is 2.30. The van der Waals surface area contributed by atoms with Gasteiger partial charge in [0.15, 0.2) is 0 Å². The number of likely N-dealkylation sites (N-methyl/N-ethyl adjacent to an activating group) is 1. The zero-order chi connectivity index (χ0) is 10.5. The van der Waals surface area contributed by atoms with Crippen LogP contribution in [0.25, 0.3) is 0 Å². The summed E-state index contributed by atoms with van der Waals surface area (Å²) in [5.74, 6) is 0. The third kappa shape index (κ3) is 3.30. The molecular formula is C12H19N3. The molecule has 1 aliphatic rings. The van der Waals surface area contributed by atoms with Gasteiger partial charge in [-0.1, -0.05) is 30.3 Å². The van der Waals surface area contributed by atoms with E-state index in [0.717, 1.165) is 32.7 Å². The van der Waals surface area contributed by atoms with Crippen molar-refractivity contribution in [2.75, 3.05) is 33.2 Å². The maximum Gasteiger partial charge on any atom is 0.0353 e. The number of hydrazine groups is 1. The fourth-order valence-corrected chi connectivity index (χ4v) is 1.76. The minimum atomic E-state index is 0.935. The van der Waals surface area contributed by atoms with E-state index in [0.29, 0.717) is 0 Å². The summed E-state index contributed by atoms with van der Waals surface area (Å²) < 4.78 is 0. The van der Waals surface area contributed by atoms with Crippen LogP contribution in [0.15, 0.2) is 30.3 Å². The molecule has 1 aromatic rings. The highest BCUT2D eigenvalue weighted by atomic mass is 15.5. The fourth-order valence-electron chi connectivity index (χ4n) is 1.76. The maximum absolute atomic E-state index is 3.47. The van der Waals surface area contributed by atoms with Crippen molar-refractivity contribution in [2.24, 2.45) is 0 Å². The first-order chi connectivity index (χ1) is 7.34. The molecule has 0 aliphatic carbocycles. The predicted molar refractivity (Wildman–Crippen MR) is 62.4 cm³/mol. The van der Waals surface area contributed by atoms with Crippen LogP contribution in [0.2, 0.25) is 0 Å². The molecule has 1 heterocycles. The topological polar surface area (TPSA) is 18.5 Å². The first-order valence-corrected chi connectivity index (χ1v) is 5.55. The van der Waals surface area contributed by atoms with E-state index >= 15 is 0 Å². The summed E-state index contributed by atoms with van der Waals surface area (Å²) >= 11 is 0. The van der Waals surface area contributed by atoms with Crippen LogP contribution in [0.3, 0.4) is 0 Å². The summed E-state index contributed by atoms with van der Waals surface area (Å²) in [5, 5.41) is 2.31. The van der Waals surface area contributed by atoms with E-state index in [2.05, 4.69) is 52.7 Å². The lowest BCUT2D eigenvalue weighted by Crippen LogP contribution is -2.50. The molecule has 0 amide bonds. The average molecular weight is 205 g/mol. The number of piperazine rings is 1. The standard InChI is InChI=1S/C12H19N3/c1-14-7-9-15(10-8-14)13-11-12-5-3-2-4-6-12/h2-6,13H,7-11H2,1H3. The van der Waals surface area contributed by atoms with Crippen LogP contribution in [0.1, 0.15) is 5.56 Å². The Morgan fingerprint density at radius 3 is 2.40 bits per heavy atom. The van der Waals surface area contributed by atoms with Gasteiger partial charge in [-0.25, -0.2) is 5.01 Å². The van der Waals surface area contributed by atoms with Crippen molar-refractivity contribution < 1.29 is 0 Å². The van der Waals surface area contributed by atoms with Crippen molar-refractivity contribution in [2.45, 2.75) is 6.54 Å². The lowest BCUT2D eigenvalue weighted by atomic mass is 10.2. The van der Waals surface area contributed by atoms with Crippen LogP contribution in [0.5, 0.6) is 0 Å². The molecule has 3 heteroatoms. The third-order valence-electron chi connectivity index (χ3n) is 2.85. The minimum absolute atomic E-state index is 0.935. The number of benzene rings is 1. The molecule has 1 fully saturated rings. The zero-order valence-electron chi connectivity index (χ0n) is 9.32. The second-order valence-electron chi connectivity index (χ2n) is 4.11. The van der Waals surface area contributed by atoms with E-state index in [1.165, 1.54) is 5.56 Å². The Labute approximate surface area is 91.7 Å². The number of hydrogen-bond acceptors (Lipinski definition) is 3. The molecule has 1 aromatic carbocycles. The van der Waals surface area contributed by atoms with Gasteiger partial charge in [0.1, 0.15) is 0 Å². The molecule has 1 aliphatic heterocycles. The first kappa shape index (κ1) is 10.6. The quantitative estimate of drug-likeness (QED) is 0.792. The van der Waals surface area contributed by atoms with Gasteiger partial charge in [-0.05, 0) is 12.6 Å². The first-order valence-electron chi connectivity index (χ1n) is 5.55. The monoisotopic (exact) mass is 205 g/mol. The fraction of sp³-hybridized carbons (Fsp3) is 0.500. The van der Waals surface area contributed by atoms with E-state index in [-0.39, 0.29) is 0 Å². The largest absolute Gasteiger partial charge is 0.304 e. The number of nitrogens with one attached hydrogen (secondary N) is 1. The predicted octanol–water partition coefficient (Wildman–Crippen LogP) is 0.939. The Morgan fingerprint density at radius 2 is 1.73 bits per heavy atom. The van der Waals surface area contributed by atoms with Crippen LogP contribution >= 0.6 is 0 Å². The van der Waals surface area contributed by atoms with Crippen molar-refractivity contribution in [1.82, 2.24) is 15.3 Å². The minimum Gasteiger partial charge on any atom is -0.304 e. The summed E-state index contributed by atoms with van der Waals surface area (Å²) in [6.07, 6.45) is 0. The van der Waals surface area contributed by atoms with Gasteiger partial charge in [0.05, 0.1) is 0 Å². The Bertz CT molecular complexity index is 278.